The number of aliphatic carboxylic acids is 1. The summed E-state index contributed by atoms with van der Waals surface area (Å²) in [5, 5.41) is 20.2. The summed E-state index contributed by atoms with van der Waals surface area (Å²) in [7, 11) is 0. The van der Waals surface area contributed by atoms with Crippen molar-refractivity contribution < 1.29 is 28.9 Å². The monoisotopic (exact) mass is 849 g/mol. The van der Waals surface area contributed by atoms with Crippen LogP contribution >= 0.6 is 0 Å². The van der Waals surface area contributed by atoms with E-state index in [0.717, 1.165) is 75.6 Å². The summed E-state index contributed by atoms with van der Waals surface area (Å²) >= 11 is 0. The second-order valence-electron chi connectivity index (χ2n) is 20.7. The van der Waals surface area contributed by atoms with Crippen LogP contribution in [0.15, 0.2) is 84.4 Å². The molecule has 0 bridgehead atoms. The number of esters is 1. The Morgan fingerprint density at radius 1 is 0.629 bits per heavy atom. The van der Waals surface area contributed by atoms with Crippen LogP contribution in [-0.4, -0.2) is 47.9 Å². The molecule has 0 heterocycles. The highest BCUT2D eigenvalue weighted by atomic mass is 16.6. The number of ether oxygens (including phenoxy) is 3. The number of hydrogen-bond acceptors (Lipinski definition) is 7. The molecule has 6 rings (SSSR count). The third-order valence-corrected chi connectivity index (χ3v) is 12.1. The Morgan fingerprint density at radius 2 is 1.13 bits per heavy atom. The standard InChI is InChI=1S/C29H43NO3.C25H33NO3/c1-28(2,3)24-12-15-25(16-13-24)32-26-14-11-22-18-21(9-10-23(22)19-26)20-30-17-7-8-27(31)33-29(4,5)6;1-25(2,3)21-9-12-22(13-10-21)29-23-11-8-19-15-18(6-7-20(19)16-23)17-26-14-4-5-24(27)28/h9-11,14,18-19,24-25,30H,7-8,12-13,15-17,20H2,1-6H3;6-9,11,15-16,22,26H,4-5,10,12-14,17H2,1-3H3,(H,27,28)/t;22-/m.1/s1. The number of nitrogens with one attached hydrogen (secondary N) is 2. The van der Waals surface area contributed by atoms with Crippen molar-refractivity contribution in [2.24, 2.45) is 16.7 Å². The van der Waals surface area contributed by atoms with Gasteiger partial charge >= 0.3 is 11.9 Å². The summed E-state index contributed by atoms with van der Waals surface area (Å²) < 4.78 is 18.0. The lowest BCUT2D eigenvalue weighted by Gasteiger charge is -2.37. The molecule has 0 radical (unpaired) electrons. The Labute approximate surface area is 372 Å². The summed E-state index contributed by atoms with van der Waals surface area (Å²) in [5.41, 5.74) is 4.24. The maximum absolute atomic E-state index is 11.8. The summed E-state index contributed by atoms with van der Waals surface area (Å²) in [6.07, 6.45) is 13.0. The third-order valence-electron chi connectivity index (χ3n) is 12.1. The lowest BCUT2D eigenvalue weighted by molar-refractivity contribution is -0.154. The van der Waals surface area contributed by atoms with Crippen molar-refractivity contribution in [3.05, 3.63) is 95.6 Å². The second-order valence-corrected chi connectivity index (χ2v) is 20.7. The Balaban J connectivity index is 0.000000236. The van der Waals surface area contributed by atoms with Gasteiger partial charge in [-0.15, -0.1) is 0 Å². The molecule has 0 saturated heterocycles. The van der Waals surface area contributed by atoms with Gasteiger partial charge in [-0.25, -0.2) is 0 Å². The topological polar surface area (TPSA) is 106 Å². The second kappa shape index (κ2) is 22.3. The zero-order valence-corrected chi connectivity index (χ0v) is 39.3. The van der Waals surface area contributed by atoms with Gasteiger partial charge in [0.2, 0.25) is 0 Å². The molecule has 4 aromatic rings. The number of allylic oxidation sites excluding steroid dienone is 1. The Bertz CT molecular complexity index is 2090. The molecule has 338 valence electrons. The van der Waals surface area contributed by atoms with E-state index < -0.39 is 11.6 Å². The van der Waals surface area contributed by atoms with E-state index in [1.165, 1.54) is 45.5 Å². The normalized spacial score (nSPS) is 18.4. The molecule has 2 aliphatic rings. The van der Waals surface area contributed by atoms with E-state index in [1.54, 1.807) is 5.57 Å². The van der Waals surface area contributed by atoms with Crippen molar-refractivity contribution in [2.45, 2.75) is 164 Å². The molecule has 4 aromatic carbocycles. The number of carboxylic acid groups (broad SMARTS) is 1. The van der Waals surface area contributed by atoms with Crippen LogP contribution < -0.4 is 20.1 Å². The number of hydrogen-bond donors (Lipinski definition) is 3. The first-order valence-corrected chi connectivity index (χ1v) is 23.2. The van der Waals surface area contributed by atoms with Crippen molar-refractivity contribution in [1.82, 2.24) is 10.6 Å². The van der Waals surface area contributed by atoms with Crippen LogP contribution in [0.1, 0.15) is 144 Å². The van der Waals surface area contributed by atoms with Crippen molar-refractivity contribution >= 4 is 33.5 Å². The van der Waals surface area contributed by atoms with Crippen LogP contribution in [0, 0.1) is 16.7 Å². The van der Waals surface area contributed by atoms with Crippen LogP contribution in [0.3, 0.4) is 0 Å². The van der Waals surface area contributed by atoms with Crippen molar-refractivity contribution in [1.29, 1.82) is 0 Å². The van der Waals surface area contributed by atoms with Crippen molar-refractivity contribution in [2.75, 3.05) is 13.1 Å². The molecule has 1 atom stereocenters. The van der Waals surface area contributed by atoms with Gasteiger partial charge in [-0.1, -0.05) is 89.6 Å². The number of carbonyl (C=O) groups excluding carboxylic acids is 1. The highest BCUT2D eigenvalue weighted by molar-refractivity contribution is 5.85. The first kappa shape index (κ1) is 48.6. The van der Waals surface area contributed by atoms with E-state index in [9.17, 15) is 9.59 Å². The molecule has 1 fully saturated rings. The van der Waals surface area contributed by atoms with Crippen LogP contribution in [0.5, 0.6) is 11.5 Å². The van der Waals surface area contributed by atoms with Gasteiger partial charge in [-0.2, -0.15) is 0 Å². The van der Waals surface area contributed by atoms with E-state index in [-0.39, 0.29) is 23.9 Å². The SMILES string of the molecule is CC(C)(C)C1=CC[C@@H](Oc2ccc3cc(CNCCCC(=O)O)ccc3c2)CC1.CC(C)(C)OC(=O)CCCNCc1ccc2cc(OC3CCC(C(C)(C)C)CC3)ccc2c1. The van der Waals surface area contributed by atoms with Crippen LogP contribution in [0.25, 0.3) is 21.5 Å². The molecule has 8 nitrogen and oxygen atoms in total. The molecule has 62 heavy (non-hydrogen) atoms. The highest BCUT2D eigenvalue weighted by Gasteiger charge is 2.30. The van der Waals surface area contributed by atoms with Crippen molar-refractivity contribution in [3.8, 4) is 11.5 Å². The molecule has 3 N–H and O–H groups in total. The van der Waals surface area contributed by atoms with Crippen LogP contribution in [0.4, 0.5) is 0 Å². The third kappa shape index (κ3) is 16.4. The average molecular weight is 849 g/mol. The summed E-state index contributed by atoms with van der Waals surface area (Å²) in [6.45, 7) is 22.7. The van der Waals surface area contributed by atoms with Gasteiger partial charge in [0.1, 0.15) is 23.2 Å². The minimum Gasteiger partial charge on any atom is -0.490 e. The molecule has 2 aliphatic carbocycles. The van der Waals surface area contributed by atoms with E-state index in [2.05, 4.69) is 131 Å². The summed E-state index contributed by atoms with van der Waals surface area (Å²) in [4.78, 5) is 22.3. The number of benzene rings is 4. The van der Waals surface area contributed by atoms with Crippen LogP contribution in [0.2, 0.25) is 0 Å². The van der Waals surface area contributed by atoms with E-state index in [4.69, 9.17) is 19.3 Å². The smallest absolute Gasteiger partial charge is 0.306 e. The predicted molar refractivity (Wildman–Crippen MR) is 255 cm³/mol. The fourth-order valence-corrected chi connectivity index (χ4v) is 8.52. The molecule has 0 spiro atoms. The molecule has 8 heteroatoms. The first-order chi connectivity index (χ1) is 29.3. The van der Waals surface area contributed by atoms with Gasteiger partial charge in [-0.05, 0) is 171 Å². The Morgan fingerprint density at radius 3 is 1.60 bits per heavy atom. The molecule has 1 saturated carbocycles. The van der Waals surface area contributed by atoms with Crippen LogP contribution in [-0.2, 0) is 27.4 Å². The zero-order chi connectivity index (χ0) is 44.9. The number of rotatable bonds is 16. The average Bonchev–Trinajstić information content (AvgIpc) is 3.20. The number of carbonyl (C=O) groups is 2. The molecular formula is C54H76N2O6. The number of fused-ring (bicyclic) bond motifs is 2. The van der Waals surface area contributed by atoms with Gasteiger partial charge in [0.15, 0.2) is 0 Å². The minimum absolute atomic E-state index is 0.129. The Hall–Kier alpha value is -4.40. The van der Waals surface area contributed by atoms with Gasteiger partial charge < -0.3 is 30.0 Å². The fraction of sp³-hybridized carbons (Fsp3) is 0.556. The summed E-state index contributed by atoms with van der Waals surface area (Å²) in [6, 6.07) is 25.8. The van der Waals surface area contributed by atoms with Gasteiger partial charge in [0, 0.05) is 32.4 Å². The quantitative estimate of drug-likeness (QED) is 0.0581. The predicted octanol–water partition coefficient (Wildman–Crippen LogP) is 12.7. The largest absolute Gasteiger partial charge is 0.490 e. The fourth-order valence-electron chi connectivity index (χ4n) is 8.52. The zero-order valence-electron chi connectivity index (χ0n) is 39.3. The molecule has 0 aromatic heterocycles. The molecular weight excluding hydrogens is 773 g/mol. The van der Waals surface area contributed by atoms with E-state index in [0.29, 0.717) is 30.9 Å². The van der Waals surface area contributed by atoms with E-state index >= 15 is 0 Å². The first-order valence-electron chi connectivity index (χ1n) is 23.2. The van der Waals surface area contributed by atoms with E-state index in [1.807, 2.05) is 20.8 Å². The maximum atomic E-state index is 11.8. The molecule has 0 aliphatic heterocycles. The summed E-state index contributed by atoms with van der Waals surface area (Å²) in [5.74, 6) is 1.85. The maximum Gasteiger partial charge on any atom is 0.306 e. The Kier molecular flexibility index (Phi) is 17.5. The van der Waals surface area contributed by atoms with Crippen molar-refractivity contribution in [3.63, 3.8) is 0 Å². The lowest BCUT2D eigenvalue weighted by atomic mass is 9.72. The van der Waals surface area contributed by atoms with Gasteiger partial charge in [0.05, 0.1) is 6.10 Å². The molecule has 0 unspecified atom stereocenters. The minimum atomic E-state index is -0.741. The highest BCUT2D eigenvalue weighted by Crippen LogP contribution is 2.39. The number of carboxylic acids is 1. The lowest BCUT2D eigenvalue weighted by Crippen LogP contribution is -2.30. The van der Waals surface area contributed by atoms with Gasteiger partial charge in [0.25, 0.3) is 0 Å². The van der Waals surface area contributed by atoms with Gasteiger partial charge in [-0.3, -0.25) is 9.59 Å². The molecule has 0 amide bonds.